The average Bonchev–Trinajstić information content (AvgIpc) is 3.60. The molecule has 5 rings (SSSR count). The highest BCUT2D eigenvalue weighted by Gasteiger charge is 2.42. The van der Waals surface area contributed by atoms with E-state index in [0.29, 0.717) is 29.9 Å². The van der Waals surface area contributed by atoms with Gasteiger partial charge in [0.1, 0.15) is 11.6 Å². The third-order valence-corrected chi connectivity index (χ3v) is 8.23. The Kier molecular flexibility index (Phi) is 6.73. The van der Waals surface area contributed by atoms with E-state index in [1.54, 1.807) is 11.3 Å². The smallest absolute Gasteiger partial charge is 0.228 e. The van der Waals surface area contributed by atoms with Crippen molar-refractivity contribution >= 4 is 17.2 Å². The molecule has 10 nitrogen and oxygen atoms in total. The predicted octanol–water partition coefficient (Wildman–Crippen LogP) is 2.94. The minimum absolute atomic E-state index is 0.00635. The summed E-state index contributed by atoms with van der Waals surface area (Å²) in [6.07, 6.45) is 5.82. The quantitative estimate of drug-likeness (QED) is 0.480. The summed E-state index contributed by atoms with van der Waals surface area (Å²) < 4.78 is 2.40. The number of carbonyl (C=O) groups excluding carboxylic acids is 1. The molecule has 34 heavy (non-hydrogen) atoms. The van der Waals surface area contributed by atoms with Crippen LogP contribution in [0, 0.1) is 6.92 Å². The number of piperidine rings is 1. The van der Waals surface area contributed by atoms with Crippen LogP contribution in [-0.2, 0) is 11.2 Å². The number of tetrazole rings is 1. The molecular formula is C23H33N9OS. The molecule has 3 aromatic heterocycles. The highest BCUT2D eigenvalue weighted by Crippen LogP contribution is 2.42. The van der Waals surface area contributed by atoms with Crippen LogP contribution in [0.15, 0.2) is 17.5 Å². The van der Waals surface area contributed by atoms with Gasteiger partial charge < -0.3 is 9.88 Å². The van der Waals surface area contributed by atoms with Gasteiger partial charge >= 0.3 is 0 Å². The number of nitrogens with one attached hydrogen (secondary N) is 2. The number of amides is 1. The zero-order valence-electron chi connectivity index (χ0n) is 20.0. The number of fused-ring (bicyclic) bond motifs is 2. The van der Waals surface area contributed by atoms with Crippen LogP contribution in [0.1, 0.15) is 86.3 Å². The molecule has 2 N–H and O–H groups in total. The lowest BCUT2D eigenvalue weighted by Crippen LogP contribution is -2.45. The van der Waals surface area contributed by atoms with E-state index in [2.05, 4.69) is 77.8 Å². The Morgan fingerprint density at radius 2 is 2.00 bits per heavy atom. The lowest BCUT2D eigenvalue weighted by atomic mass is 9.95. The lowest BCUT2D eigenvalue weighted by molar-refractivity contribution is -0.121. The van der Waals surface area contributed by atoms with Crippen LogP contribution in [0.4, 0.5) is 0 Å². The number of aromatic amines is 1. The van der Waals surface area contributed by atoms with Crippen molar-refractivity contribution < 1.29 is 4.79 Å². The van der Waals surface area contributed by atoms with E-state index in [1.165, 1.54) is 17.7 Å². The molecule has 11 heteroatoms. The van der Waals surface area contributed by atoms with Crippen molar-refractivity contribution in [3.8, 4) is 0 Å². The number of hydrogen-bond acceptors (Lipinski definition) is 8. The van der Waals surface area contributed by atoms with Crippen molar-refractivity contribution in [2.45, 2.75) is 89.4 Å². The van der Waals surface area contributed by atoms with Gasteiger partial charge in [0.2, 0.25) is 5.91 Å². The van der Waals surface area contributed by atoms with E-state index in [0.717, 1.165) is 37.5 Å². The summed E-state index contributed by atoms with van der Waals surface area (Å²) >= 11 is 1.69. The van der Waals surface area contributed by atoms with Crippen molar-refractivity contribution in [3.63, 3.8) is 0 Å². The summed E-state index contributed by atoms with van der Waals surface area (Å²) in [5.74, 6) is 2.93. The molecule has 182 valence electrons. The Hall–Kier alpha value is -2.66. The van der Waals surface area contributed by atoms with Crippen molar-refractivity contribution in [2.75, 3.05) is 6.54 Å². The molecule has 0 aromatic carbocycles. The first kappa shape index (κ1) is 23.1. The third kappa shape index (κ3) is 4.76. The van der Waals surface area contributed by atoms with Gasteiger partial charge in [0, 0.05) is 35.5 Å². The Labute approximate surface area is 203 Å². The lowest BCUT2D eigenvalue weighted by Gasteiger charge is -2.40. The minimum Gasteiger partial charge on any atom is -0.348 e. The average molecular weight is 484 g/mol. The van der Waals surface area contributed by atoms with E-state index in [-0.39, 0.29) is 18.4 Å². The Morgan fingerprint density at radius 1 is 1.21 bits per heavy atom. The Bertz CT molecular complexity index is 1060. The number of rotatable bonds is 9. The predicted molar refractivity (Wildman–Crippen MR) is 128 cm³/mol. The number of nitrogens with zero attached hydrogens (tertiary/aromatic N) is 7. The number of aromatic nitrogens is 7. The van der Waals surface area contributed by atoms with Gasteiger partial charge in [0.05, 0.1) is 12.5 Å². The fraction of sp³-hybridized carbons (Fsp3) is 0.652. The molecule has 0 aliphatic carbocycles. The Balaban J connectivity index is 1.23. The fourth-order valence-electron chi connectivity index (χ4n) is 5.76. The van der Waals surface area contributed by atoms with Gasteiger partial charge in [-0.3, -0.25) is 9.69 Å². The van der Waals surface area contributed by atoms with Crippen LogP contribution in [0.25, 0.3) is 0 Å². The van der Waals surface area contributed by atoms with Gasteiger partial charge in [-0.2, -0.15) is 0 Å². The first-order chi connectivity index (χ1) is 16.5. The van der Waals surface area contributed by atoms with Crippen molar-refractivity contribution in [1.29, 1.82) is 0 Å². The van der Waals surface area contributed by atoms with E-state index in [9.17, 15) is 4.79 Å². The first-order valence-corrected chi connectivity index (χ1v) is 13.1. The highest BCUT2D eigenvalue weighted by atomic mass is 32.1. The van der Waals surface area contributed by atoms with Crippen molar-refractivity contribution in [1.82, 2.24) is 45.6 Å². The van der Waals surface area contributed by atoms with Crippen LogP contribution >= 0.6 is 11.3 Å². The van der Waals surface area contributed by atoms with Crippen molar-refractivity contribution in [2.24, 2.45) is 0 Å². The topological polar surface area (TPSA) is 118 Å². The molecule has 2 aliphatic heterocycles. The molecule has 0 saturated carbocycles. The summed E-state index contributed by atoms with van der Waals surface area (Å²) in [5.41, 5.74) is 0. The second-order valence-corrected chi connectivity index (χ2v) is 10.8. The van der Waals surface area contributed by atoms with Gasteiger partial charge in [-0.05, 0) is 60.9 Å². The van der Waals surface area contributed by atoms with Gasteiger partial charge in [-0.15, -0.1) is 26.6 Å². The number of hydrogen-bond donors (Lipinski definition) is 2. The van der Waals surface area contributed by atoms with Crippen LogP contribution < -0.4 is 5.32 Å². The standard InChI is InChI=1S/C23H33N9OS/c1-14(2)23-28-25-15(3)32(23)18-11-16-6-7-17(12-18)31(16)9-8-19(20-5-4-10-34-20)24-22(33)13-21-26-29-30-27-21/h4-5,10,14,16-19H,6-9,11-13H2,1-3H3,(H,24,33)(H,26,27,29,30)/t16-,17+,18-,19-/m0/s1. The second-order valence-electron chi connectivity index (χ2n) is 9.83. The molecule has 5 heterocycles. The summed E-state index contributed by atoms with van der Waals surface area (Å²) in [6.45, 7) is 7.45. The molecule has 2 bridgehead atoms. The highest BCUT2D eigenvalue weighted by molar-refractivity contribution is 7.10. The number of thiophene rings is 1. The van der Waals surface area contributed by atoms with Crippen LogP contribution in [0.3, 0.4) is 0 Å². The summed E-state index contributed by atoms with van der Waals surface area (Å²) in [4.78, 5) is 16.5. The SMILES string of the molecule is Cc1nnc(C(C)C)n1[C@@H]1C[C@H]2CC[C@@H](C1)N2CC[C@H](NC(=O)Cc1nnn[nH]1)c1cccs1. The number of H-pyrrole nitrogens is 1. The molecule has 2 aliphatic rings. The van der Waals surface area contributed by atoms with E-state index < -0.39 is 0 Å². The molecule has 0 radical (unpaired) electrons. The molecular weight excluding hydrogens is 450 g/mol. The maximum absolute atomic E-state index is 12.7. The monoisotopic (exact) mass is 483 g/mol. The zero-order valence-corrected chi connectivity index (χ0v) is 20.8. The molecule has 3 aromatic rings. The second kappa shape index (κ2) is 9.91. The van der Waals surface area contributed by atoms with Gasteiger partial charge in [-0.25, -0.2) is 5.10 Å². The first-order valence-electron chi connectivity index (χ1n) is 12.2. The van der Waals surface area contributed by atoms with Gasteiger partial charge in [-0.1, -0.05) is 19.9 Å². The molecule has 2 saturated heterocycles. The normalized spacial score (nSPS) is 23.5. The maximum Gasteiger partial charge on any atom is 0.228 e. The van der Waals surface area contributed by atoms with Gasteiger partial charge in [0.25, 0.3) is 0 Å². The van der Waals surface area contributed by atoms with Crippen LogP contribution in [0.5, 0.6) is 0 Å². The Morgan fingerprint density at radius 3 is 2.65 bits per heavy atom. The van der Waals surface area contributed by atoms with Crippen molar-refractivity contribution in [3.05, 3.63) is 39.9 Å². The summed E-state index contributed by atoms with van der Waals surface area (Å²) in [6, 6.07) is 5.77. The molecule has 0 spiro atoms. The van der Waals surface area contributed by atoms with Crippen LogP contribution in [-0.4, -0.2) is 64.8 Å². The summed E-state index contributed by atoms with van der Waals surface area (Å²) in [7, 11) is 0. The van der Waals surface area contributed by atoms with Crippen LogP contribution in [0.2, 0.25) is 0 Å². The minimum atomic E-state index is -0.0667. The van der Waals surface area contributed by atoms with E-state index in [4.69, 9.17) is 0 Å². The number of carbonyl (C=O) groups is 1. The van der Waals surface area contributed by atoms with E-state index >= 15 is 0 Å². The zero-order chi connectivity index (χ0) is 23.7. The molecule has 2 fully saturated rings. The molecule has 0 unspecified atom stereocenters. The molecule has 1 amide bonds. The van der Waals surface area contributed by atoms with Gasteiger partial charge in [0.15, 0.2) is 5.82 Å². The summed E-state index contributed by atoms with van der Waals surface area (Å²) in [5, 5.41) is 27.7. The largest absolute Gasteiger partial charge is 0.348 e. The number of aryl methyl sites for hydroxylation is 1. The maximum atomic E-state index is 12.7. The fourth-order valence-corrected chi connectivity index (χ4v) is 6.57. The molecule has 4 atom stereocenters. The van der Waals surface area contributed by atoms with E-state index in [1.807, 2.05) is 6.07 Å². The third-order valence-electron chi connectivity index (χ3n) is 7.25.